The molecule has 4 heteroatoms. The highest BCUT2D eigenvalue weighted by Crippen LogP contribution is 2.39. The molecule has 2 aromatic carbocycles. The molecule has 2 N–H and O–H groups in total. The number of nitriles is 1. The number of hydrogen-bond acceptors (Lipinski definition) is 4. The van der Waals surface area contributed by atoms with Gasteiger partial charge >= 0.3 is 0 Å². The topological polar surface area (TPSA) is 77.4 Å². The average Bonchev–Trinajstić information content (AvgIpc) is 2.91. The summed E-state index contributed by atoms with van der Waals surface area (Å²) in [4.78, 5) is 0. The zero-order valence-corrected chi connectivity index (χ0v) is 13.1. The van der Waals surface area contributed by atoms with Gasteiger partial charge in [0.1, 0.15) is 23.3 Å². The molecule has 0 radical (unpaired) electrons. The fourth-order valence-corrected chi connectivity index (χ4v) is 2.98. The van der Waals surface area contributed by atoms with Crippen molar-refractivity contribution in [3.8, 4) is 28.9 Å². The van der Waals surface area contributed by atoms with Gasteiger partial charge in [0.2, 0.25) is 0 Å². The zero-order chi connectivity index (χ0) is 16.6. The Morgan fingerprint density at radius 1 is 1.04 bits per heavy atom. The lowest BCUT2D eigenvalue weighted by Crippen LogP contribution is -1.89. The third-order valence-electron chi connectivity index (χ3n) is 4.07. The first-order valence-electron chi connectivity index (χ1n) is 7.59. The number of nitrogens with zero attached hydrogens (tertiary/aromatic N) is 1. The molecular formula is C19H17NO3. The minimum Gasteiger partial charge on any atom is -0.508 e. The maximum Gasteiger partial charge on any atom is 0.153 e. The molecule has 0 aliphatic carbocycles. The molecule has 0 amide bonds. The van der Waals surface area contributed by atoms with Gasteiger partial charge in [-0.05, 0) is 42.7 Å². The van der Waals surface area contributed by atoms with Crippen molar-refractivity contribution < 1.29 is 14.6 Å². The number of benzene rings is 2. The van der Waals surface area contributed by atoms with Gasteiger partial charge in [0, 0.05) is 22.6 Å². The number of phenols is 2. The van der Waals surface area contributed by atoms with Crippen LogP contribution in [-0.2, 0) is 12.8 Å². The number of hydrogen-bond donors (Lipinski definition) is 2. The maximum atomic E-state index is 9.85. The molecule has 3 rings (SSSR count). The smallest absolute Gasteiger partial charge is 0.153 e. The fraction of sp³-hybridized carbons (Fsp3) is 0.211. The number of fused-ring (bicyclic) bond motifs is 1. The molecule has 0 aliphatic heterocycles. The molecule has 0 bridgehead atoms. The van der Waals surface area contributed by atoms with Crippen molar-refractivity contribution >= 4 is 11.0 Å². The van der Waals surface area contributed by atoms with Gasteiger partial charge in [0.25, 0.3) is 0 Å². The van der Waals surface area contributed by atoms with Crippen LogP contribution in [0.5, 0.6) is 11.5 Å². The standard InChI is InChI=1S/C19H17NO3/c1-3-11-7-13(21)5-6-16(11)19-15(4-2)17-9-14(22)8-12(10-20)18(17)23-19/h5-9,21-22H,3-4H2,1-2H3. The zero-order valence-electron chi connectivity index (χ0n) is 13.1. The Morgan fingerprint density at radius 2 is 1.83 bits per heavy atom. The summed E-state index contributed by atoms with van der Waals surface area (Å²) < 4.78 is 6.02. The van der Waals surface area contributed by atoms with E-state index < -0.39 is 0 Å². The highest BCUT2D eigenvalue weighted by Gasteiger charge is 2.20. The van der Waals surface area contributed by atoms with Crippen LogP contribution < -0.4 is 0 Å². The summed E-state index contributed by atoms with van der Waals surface area (Å²) in [5.74, 6) is 0.967. The van der Waals surface area contributed by atoms with Crippen LogP contribution in [0.15, 0.2) is 34.7 Å². The van der Waals surface area contributed by atoms with Crippen molar-refractivity contribution in [3.63, 3.8) is 0 Å². The summed E-state index contributed by atoms with van der Waals surface area (Å²) in [5, 5.41) is 29.6. The van der Waals surface area contributed by atoms with E-state index in [0.717, 1.165) is 28.5 Å². The molecule has 1 aromatic heterocycles. The number of aromatic hydroxyl groups is 2. The summed E-state index contributed by atoms with van der Waals surface area (Å²) in [6, 6.07) is 10.3. The molecule has 0 fully saturated rings. The predicted octanol–water partition coefficient (Wildman–Crippen LogP) is 4.51. The van der Waals surface area contributed by atoms with Crippen LogP contribution in [0.2, 0.25) is 0 Å². The lowest BCUT2D eigenvalue weighted by molar-refractivity contribution is 0.474. The van der Waals surface area contributed by atoms with E-state index in [4.69, 9.17) is 4.42 Å². The molecule has 4 nitrogen and oxygen atoms in total. The second kappa shape index (κ2) is 5.69. The van der Waals surface area contributed by atoms with Gasteiger partial charge in [0.15, 0.2) is 5.58 Å². The third-order valence-corrected chi connectivity index (χ3v) is 4.07. The van der Waals surface area contributed by atoms with Gasteiger partial charge in [-0.1, -0.05) is 13.8 Å². The third kappa shape index (κ3) is 2.40. The van der Waals surface area contributed by atoms with Gasteiger partial charge in [-0.3, -0.25) is 0 Å². The van der Waals surface area contributed by atoms with Crippen LogP contribution in [0.25, 0.3) is 22.3 Å². The normalized spacial score (nSPS) is 10.8. The molecule has 0 saturated carbocycles. The van der Waals surface area contributed by atoms with Gasteiger partial charge in [-0.2, -0.15) is 5.26 Å². The first-order chi connectivity index (χ1) is 11.1. The summed E-state index contributed by atoms with van der Waals surface area (Å²) in [5.41, 5.74) is 3.64. The number of phenolic OH excluding ortho intramolecular Hbond substituents is 2. The molecule has 0 saturated heterocycles. The molecule has 0 spiro atoms. The first kappa shape index (κ1) is 15.0. The van der Waals surface area contributed by atoms with E-state index in [1.54, 1.807) is 18.2 Å². The average molecular weight is 307 g/mol. The highest BCUT2D eigenvalue weighted by atomic mass is 16.3. The summed E-state index contributed by atoms with van der Waals surface area (Å²) in [7, 11) is 0. The molecule has 3 aromatic rings. The van der Waals surface area contributed by atoms with E-state index in [2.05, 4.69) is 6.07 Å². The Balaban J connectivity index is 2.37. The van der Waals surface area contributed by atoms with Crippen molar-refractivity contribution in [1.82, 2.24) is 0 Å². The van der Waals surface area contributed by atoms with E-state index in [0.29, 0.717) is 23.3 Å². The molecule has 0 unspecified atom stereocenters. The monoisotopic (exact) mass is 307 g/mol. The number of furan rings is 1. The van der Waals surface area contributed by atoms with E-state index in [9.17, 15) is 15.5 Å². The Kier molecular flexibility index (Phi) is 3.71. The van der Waals surface area contributed by atoms with E-state index in [1.807, 2.05) is 19.9 Å². The molecule has 23 heavy (non-hydrogen) atoms. The van der Waals surface area contributed by atoms with Crippen LogP contribution in [0.4, 0.5) is 0 Å². The van der Waals surface area contributed by atoms with Gasteiger partial charge in [-0.15, -0.1) is 0 Å². The van der Waals surface area contributed by atoms with Crippen molar-refractivity contribution in [3.05, 3.63) is 47.0 Å². The Bertz CT molecular complexity index is 932. The van der Waals surface area contributed by atoms with Crippen molar-refractivity contribution in [2.75, 3.05) is 0 Å². The maximum absolute atomic E-state index is 9.85. The molecule has 116 valence electrons. The van der Waals surface area contributed by atoms with Crippen LogP contribution in [-0.4, -0.2) is 10.2 Å². The largest absolute Gasteiger partial charge is 0.508 e. The van der Waals surface area contributed by atoms with Gasteiger partial charge < -0.3 is 14.6 Å². The predicted molar refractivity (Wildman–Crippen MR) is 88.5 cm³/mol. The second-order valence-electron chi connectivity index (χ2n) is 5.44. The Hall–Kier alpha value is -2.93. The Morgan fingerprint density at radius 3 is 2.48 bits per heavy atom. The summed E-state index contributed by atoms with van der Waals surface area (Å²) in [6.45, 7) is 4.02. The number of aryl methyl sites for hydroxylation is 2. The highest BCUT2D eigenvalue weighted by molar-refractivity contribution is 5.93. The van der Waals surface area contributed by atoms with Gasteiger partial charge in [0.05, 0.1) is 5.56 Å². The van der Waals surface area contributed by atoms with Crippen LogP contribution in [0, 0.1) is 11.3 Å². The molecule has 0 aliphatic rings. The van der Waals surface area contributed by atoms with Crippen molar-refractivity contribution in [1.29, 1.82) is 5.26 Å². The summed E-state index contributed by atoms with van der Waals surface area (Å²) in [6.07, 6.45) is 1.46. The SMILES string of the molecule is CCc1cc(O)ccc1-c1oc2c(C#N)cc(O)cc2c1CC. The minimum absolute atomic E-state index is 0.0533. The van der Waals surface area contributed by atoms with E-state index in [-0.39, 0.29) is 11.5 Å². The molecular weight excluding hydrogens is 290 g/mol. The van der Waals surface area contributed by atoms with Crippen LogP contribution >= 0.6 is 0 Å². The lowest BCUT2D eigenvalue weighted by atomic mass is 9.97. The quantitative estimate of drug-likeness (QED) is 0.746. The second-order valence-corrected chi connectivity index (χ2v) is 5.44. The minimum atomic E-state index is 0.0533. The molecule has 0 atom stereocenters. The first-order valence-corrected chi connectivity index (χ1v) is 7.59. The van der Waals surface area contributed by atoms with E-state index in [1.165, 1.54) is 6.07 Å². The molecule has 1 heterocycles. The van der Waals surface area contributed by atoms with Crippen LogP contribution in [0.1, 0.15) is 30.5 Å². The van der Waals surface area contributed by atoms with Crippen molar-refractivity contribution in [2.24, 2.45) is 0 Å². The van der Waals surface area contributed by atoms with Crippen molar-refractivity contribution in [2.45, 2.75) is 26.7 Å². The fourth-order valence-electron chi connectivity index (χ4n) is 2.98. The van der Waals surface area contributed by atoms with Gasteiger partial charge in [-0.25, -0.2) is 0 Å². The Labute approximate surface area is 134 Å². The summed E-state index contributed by atoms with van der Waals surface area (Å²) >= 11 is 0. The number of rotatable bonds is 3. The van der Waals surface area contributed by atoms with E-state index >= 15 is 0 Å². The van der Waals surface area contributed by atoms with Crippen LogP contribution in [0.3, 0.4) is 0 Å². The lowest BCUT2D eigenvalue weighted by Gasteiger charge is -2.07.